The van der Waals surface area contributed by atoms with Gasteiger partial charge in [0.05, 0.1) is 29.2 Å². The van der Waals surface area contributed by atoms with E-state index in [-0.39, 0.29) is 30.2 Å². The van der Waals surface area contributed by atoms with Crippen LogP contribution >= 0.6 is 0 Å². The van der Waals surface area contributed by atoms with Crippen molar-refractivity contribution >= 4 is 33.5 Å². The molecule has 4 rings (SSSR count). The third-order valence-electron chi connectivity index (χ3n) is 3.79. The monoisotopic (exact) mass is 299 g/mol. The molecule has 0 aliphatic carbocycles. The number of carbonyl (C=O) groups is 1. The molecule has 7 nitrogen and oxygen atoms in total. The standard InChI is InChI=1S/C15H13N3O4/c19-6-7-5-16-13-12-8-1-4-11(20)18-9(8)2-3-10(12)22-14(13)15(21)17-7/h1-4,7,16,19H,5-6H2,(H,17,21)(H,18,20)/t7-/m0/s1. The first-order chi connectivity index (χ1) is 10.7. The molecule has 112 valence electrons. The minimum absolute atomic E-state index is 0.0625. The number of furan rings is 1. The van der Waals surface area contributed by atoms with Gasteiger partial charge in [0.25, 0.3) is 5.91 Å². The Morgan fingerprint density at radius 1 is 1.32 bits per heavy atom. The largest absolute Gasteiger partial charge is 0.493 e. The van der Waals surface area contributed by atoms with E-state index in [1.807, 2.05) is 0 Å². The van der Waals surface area contributed by atoms with Crippen LogP contribution in [0, 0.1) is 0 Å². The van der Waals surface area contributed by atoms with Crippen LogP contribution in [0.4, 0.5) is 5.69 Å². The first-order valence-electron chi connectivity index (χ1n) is 6.88. The lowest BCUT2D eigenvalue weighted by molar-refractivity contribution is 0.0900. The van der Waals surface area contributed by atoms with E-state index >= 15 is 0 Å². The number of aromatic hydroxyl groups is 1. The number of aromatic nitrogens is 1. The summed E-state index contributed by atoms with van der Waals surface area (Å²) in [6.45, 7) is 0.239. The minimum Gasteiger partial charge on any atom is -0.493 e. The molecule has 22 heavy (non-hydrogen) atoms. The normalized spacial score (nSPS) is 17.9. The fourth-order valence-electron chi connectivity index (χ4n) is 2.76. The molecule has 0 spiro atoms. The Balaban J connectivity index is 2.00. The number of benzene rings is 1. The second kappa shape index (κ2) is 4.60. The molecule has 0 fully saturated rings. The first-order valence-corrected chi connectivity index (χ1v) is 6.88. The first kappa shape index (κ1) is 12.9. The molecular weight excluding hydrogens is 286 g/mol. The van der Waals surface area contributed by atoms with Crippen molar-refractivity contribution in [1.29, 1.82) is 0 Å². The highest BCUT2D eigenvalue weighted by Gasteiger charge is 2.27. The summed E-state index contributed by atoms with van der Waals surface area (Å²) >= 11 is 0. The molecule has 4 N–H and O–H groups in total. The van der Waals surface area contributed by atoms with Crippen LogP contribution in [0.25, 0.3) is 21.9 Å². The van der Waals surface area contributed by atoms with Crippen molar-refractivity contribution in [2.45, 2.75) is 6.04 Å². The SMILES string of the molecule is O=C1N[C@H](CO)CNc2c1oc1ccc3nc(O)ccc3c21. The molecule has 7 heteroatoms. The van der Waals surface area contributed by atoms with Crippen molar-refractivity contribution in [1.82, 2.24) is 10.3 Å². The maximum Gasteiger partial charge on any atom is 0.289 e. The van der Waals surface area contributed by atoms with Gasteiger partial charge < -0.3 is 25.3 Å². The number of anilines is 1. The summed E-state index contributed by atoms with van der Waals surface area (Å²) < 4.78 is 5.67. The summed E-state index contributed by atoms with van der Waals surface area (Å²) in [5.74, 6) is -0.242. The molecule has 1 aliphatic heterocycles. The van der Waals surface area contributed by atoms with E-state index in [0.717, 1.165) is 10.8 Å². The highest BCUT2D eigenvalue weighted by atomic mass is 16.3. The van der Waals surface area contributed by atoms with Gasteiger partial charge in [0, 0.05) is 18.0 Å². The molecule has 0 saturated heterocycles. The number of nitrogens with zero attached hydrogens (tertiary/aromatic N) is 1. The van der Waals surface area contributed by atoms with E-state index in [2.05, 4.69) is 15.6 Å². The Kier molecular flexibility index (Phi) is 2.70. The van der Waals surface area contributed by atoms with Gasteiger partial charge in [-0.2, -0.15) is 0 Å². The van der Waals surface area contributed by atoms with Crippen LogP contribution in [-0.4, -0.2) is 40.3 Å². The van der Waals surface area contributed by atoms with Crippen molar-refractivity contribution in [3.8, 4) is 5.88 Å². The van der Waals surface area contributed by atoms with Crippen molar-refractivity contribution in [3.05, 3.63) is 30.0 Å². The van der Waals surface area contributed by atoms with E-state index in [0.29, 0.717) is 23.3 Å². The quantitative estimate of drug-likeness (QED) is 0.538. The lowest BCUT2D eigenvalue weighted by Gasteiger charge is -2.12. The molecule has 0 saturated carbocycles. The Hall–Kier alpha value is -2.80. The number of aliphatic hydroxyl groups excluding tert-OH is 1. The lowest BCUT2D eigenvalue weighted by Crippen LogP contribution is -2.39. The third-order valence-corrected chi connectivity index (χ3v) is 3.79. The average molecular weight is 299 g/mol. The number of hydrogen-bond acceptors (Lipinski definition) is 6. The van der Waals surface area contributed by atoms with Gasteiger partial charge in [-0.15, -0.1) is 0 Å². The van der Waals surface area contributed by atoms with Crippen LogP contribution < -0.4 is 10.6 Å². The van der Waals surface area contributed by atoms with E-state index in [1.165, 1.54) is 6.07 Å². The zero-order valence-corrected chi connectivity index (χ0v) is 11.5. The molecule has 1 aliphatic rings. The van der Waals surface area contributed by atoms with Gasteiger partial charge in [-0.05, 0) is 18.2 Å². The van der Waals surface area contributed by atoms with Gasteiger partial charge in [0.15, 0.2) is 0 Å². The van der Waals surface area contributed by atoms with E-state index in [4.69, 9.17) is 4.42 Å². The van der Waals surface area contributed by atoms with Gasteiger partial charge in [0.1, 0.15) is 5.58 Å². The molecule has 3 aromatic rings. The zero-order chi connectivity index (χ0) is 15.3. The number of nitrogens with one attached hydrogen (secondary N) is 2. The summed E-state index contributed by atoms with van der Waals surface area (Å²) in [5.41, 5.74) is 1.76. The molecule has 3 heterocycles. The Morgan fingerprint density at radius 3 is 3.00 bits per heavy atom. The van der Waals surface area contributed by atoms with E-state index < -0.39 is 0 Å². The summed E-state index contributed by atoms with van der Waals surface area (Å²) in [7, 11) is 0. The molecule has 0 radical (unpaired) electrons. The molecule has 0 unspecified atom stereocenters. The fourth-order valence-corrected chi connectivity index (χ4v) is 2.76. The van der Waals surface area contributed by atoms with Crippen molar-refractivity contribution < 1.29 is 19.4 Å². The Labute approximate surface area is 124 Å². The smallest absolute Gasteiger partial charge is 0.289 e. The van der Waals surface area contributed by atoms with Gasteiger partial charge in [0.2, 0.25) is 11.6 Å². The number of rotatable bonds is 1. The number of hydrogen-bond donors (Lipinski definition) is 4. The molecule has 1 aromatic carbocycles. The van der Waals surface area contributed by atoms with E-state index in [1.54, 1.807) is 18.2 Å². The highest BCUT2D eigenvalue weighted by molar-refractivity contribution is 6.16. The lowest BCUT2D eigenvalue weighted by atomic mass is 10.1. The summed E-state index contributed by atoms with van der Waals surface area (Å²) in [6.07, 6.45) is 0. The summed E-state index contributed by atoms with van der Waals surface area (Å²) in [6, 6.07) is 6.31. The predicted octanol–water partition coefficient (Wildman–Crippen LogP) is 1.20. The molecule has 0 bridgehead atoms. The molecule has 2 aromatic heterocycles. The highest BCUT2D eigenvalue weighted by Crippen LogP contribution is 2.37. The van der Waals surface area contributed by atoms with Crippen molar-refractivity contribution in [2.24, 2.45) is 0 Å². The van der Waals surface area contributed by atoms with Gasteiger partial charge in [-0.1, -0.05) is 0 Å². The van der Waals surface area contributed by atoms with Gasteiger partial charge in [-0.3, -0.25) is 4.79 Å². The topological polar surface area (TPSA) is 108 Å². The van der Waals surface area contributed by atoms with E-state index in [9.17, 15) is 15.0 Å². The zero-order valence-electron chi connectivity index (χ0n) is 11.5. The van der Waals surface area contributed by atoms with Gasteiger partial charge in [-0.25, -0.2) is 4.98 Å². The third kappa shape index (κ3) is 1.79. The van der Waals surface area contributed by atoms with Crippen LogP contribution in [0.1, 0.15) is 10.6 Å². The average Bonchev–Trinajstić information content (AvgIpc) is 2.82. The fraction of sp³-hybridized carbons (Fsp3) is 0.200. The Morgan fingerprint density at radius 2 is 2.18 bits per heavy atom. The van der Waals surface area contributed by atoms with Crippen LogP contribution in [0.15, 0.2) is 28.7 Å². The summed E-state index contributed by atoms with van der Waals surface area (Å²) in [4.78, 5) is 16.3. The van der Waals surface area contributed by atoms with Crippen LogP contribution in [0.3, 0.4) is 0 Å². The second-order valence-corrected chi connectivity index (χ2v) is 5.21. The maximum absolute atomic E-state index is 12.2. The minimum atomic E-state index is -0.373. The molecular formula is C15H13N3O4. The predicted molar refractivity (Wildman–Crippen MR) is 80.0 cm³/mol. The number of fused-ring (bicyclic) bond motifs is 5. The van der Waals surface area contributed by atoms with Crippen LogP contribution in [0.5, 0.6) is 5.88 Å². The van der Waals surface area contributed by atoms with Crippen molar-refractivity contribution in [3.63, 3.8) is 0 Å². The van der Waals surface area contributed by atoms with Crippen molar-refractivity contribution in [2.75, 3.05) is 18.5 Å². The number of aliphatic hydroxyl groups is 1. The Bertz CT molecular complexity index is 903. The molecule has 1 amide bonds. The second-order valence-electron chi connectivity index (χ2n) is 5.21. The summed E-state index contributed by atoms with van der Waals surface area (Å²) in [5, 5.41) is 26.1. The number of pyridine rings is 1. The maximum atomic E-state index is 12.2. The van der Waals surface area contributed by atoms with Crippen LogP contribution in [-0.2, 0) is 0 Å². The molecule has 1 atom stereocenters. The van der Waals surface area contributed by atoms with Crippen LogP contribution in [0.2, 0.25) is 0 Å². The van der Waals surface area contributed by atoms with Gasteiger partial charge >= 0.3 is 0 Å². The number of carbonyl (C=O) groups excluding carboxylic acids is 1. The number of amides is 1.